The quantitative estimate of drug-likeness (QED) is 0.171. The second-order valence-corrected chi connectivity index (χ2v) is 12.2. The van der Waals surface area contributed by atoms with Crippen LogP contribution in [-0.2, 0) is 6.54 Å². The normalized spacial score (nSPS) is 16.8. The summed E-state index contributed by atoms with van der Waals surface area (Å²) < 4.78 is 6.10. The van der Waals surface area contributed by atoms with Gasteiger partial charge in [-0.25, -0.2) is 5.43 Å². The number of likely N-dealkylation sites (tertiary alicyclic amines) is 2. The molecular formula is C33H38IN5O3. The van der Waals surface area contributed by atoms with Crippen molar-refractivity contribution in [3.05, 3.63) is 92.6 Å². The second-order valence-electron chi connectivity index (χ2n) is 10.9. The Labute approximate surface area is 261 Å². The Hall–Kier alpha value is -3.28. The van der Waals surface area contributed by atoms with E-state index in [4.69, 9.17) is 4.74 Å². The first-order valence-electron chi connectivity index (χ1n) is 14.6. The van der Waals surface area contributed by atoms with Crippen molar-refractivity contribution in [3.8, 4) is 5.75 Å². The fourth-order valence-corrected chi connectivity index (χ4v) is 6.24. The molecule has 8 nitrogen and oxygen atoms in total. The maximum absolute atomic E-state index is 13.3. The zero-order valence-electron chi connectivity index (χ0n) is 24.0. The highest BCUT2D eigenvalue weighted by molar-refractivity contribution is 14.1. The molecule has 0 spiro atoms. The smallest absolute Gasteiger partial charge is 0.273 e. The van der Waals surface area contributed by atoms with Crippen molar-refractivity contribution in [3.63, 3.8) is 0 Å². The minimum absolute atomic E-state index is 0.254. The molecule has 9 heteroatoms. The molecule has 0 radical (unpaired) electrons. The number of nitrogens with zero attached hydrogens (tertiary/aromatic N) is 3. The van der Waals surface area contributed by atoms with Crippen LogP contribution in [0.2, 0.25) is 0 Å². The Morgan fingerprint density at radius 3 is 2.52 bits per heavy atom. The van der Waals surface area contributed by atoms with Gasteiger partial charge in [-0.3, -0.25) is 14.5 Å². The molecule has 0 unspecified atom stereocenters. The summed E-state index contributed by atoms with van der Waals surface area (Å²) in [6.45, 7) is 5.50. The first-order valence-corrected chi connectivity index (χ1v) is 15.7. The summed E-state index contributed by atoms with van der Waals surface area (Å²) in [4.78, 5) is 31.5. The SMILES string of the molecule is COc1cccc(C=NNC(=O)c2cc(I)ccc2NC(=O)c2cccc(CN3CCC(N4CCCCC4)CC3)c2)c1. The van der Waals surface area contributed by atoms with E-state index in [1.54, 1.807) is 25.5 Å². The first kappa shape index (κ1) is 30.2. The van der Waals surface area contributed by atoms with Crippen LogP contribution in [0.4, 0.5) is 5.69 Å². The molecule has 0 saturated carbocycles. The highest BCUT2D eigenvalue weighted by Crippen LogP contribution is 2.23. The molecule has 2 fully saturated rings. The fraction of sp³-hybridized carbons (Fsp3) is 0.364. The van der Waals surface area contributed by atoms with Gasteiger partial charge in [-0.15, -0.1) is 0 Å². The summed E-state index contributed by atoms with van der Waals surface area (Å²) in [6, 6.07) is 21.2. The summed E-state index contributed by atoms with van der Waals surface area (Å²) in [6.07, 6.45) is 8.01. The van der Waals surface area contributed by atoms with Gasteiger partial charge in [-0.2, -0.15) is 5.10 Å². The van der Waals surface area contributed by atoms with Crippen molar-refractivity contribution in [1.82, 2.24) is 15.2 Å². The fourth-order valence-electron chi connectivity index (χ4n) is 5.75. The summed E-state index contributed by atoms with van der Waals surface area (Å²) in [7, 11) is 1.60. The molecule has 0 aromatic heterocycles. The molecule has 2 saturated heterocycles. The van der Waals surface area contributed by atoms with Gasteiger partial charge in [0.05, 0.1) is 24.6 Å². The maximum Gasteiger partial charge on any atom is 0.273 e. The monoisotopic (exact) mass is 679 g/mol. The zero-order valence-corrected chi connectivity index (χ0v) is 26.2. The highest BCUT2D eigenvalue weighted by Gasteiger charge is 2.25. The predicted molar refractivity (Wildman–Crippen MR) is 175 cm³/mol. The van der Waals surface area contributed by atoms with E-state index >= 15 is 0 Å². The van der Waals surface area contributed by atoms with Gasteiger partial charge in [0.1, 0.15) is 5.75 Å². The van der Waals surface area contributed by atoms with Crippen LogP contribution < -0.4 is 15.5 Å². The number of amides is 2. The van der Waals surface area contributed by atoms with Gasteiger partial charge in [0.25, 0.3) is 11.8 Å². The summed E-state index contributed by atoms with van der Waals surface area (Å²) in [5, 5.41) is 7.04. The number of benzene rings is 3. The van der Waals surface area contributed by atoms with Crippen molar-refractivity contribution in [2.45, 2.75) is 44.7 Å². The van der Waals surface area contributed by atoms with Crippen LogP contribution in [0.3, 0.4) is 0 Å². The molecule has 220 valence electrons. The van der Waals surface area contributed by atoms with E-state index in [0.717, 1.165) is 34.3 Å². The molecule has 2 aliphatic heterocycles. The Kier molecular flexibility index (Phi) is 10.6. The maximum atomic E-state index is 13.3. The van der Waals surface area contributed by atoms with E-state index < -0.39 is 5.91 Å². The lowest BCUT2D eigenvalue weighted by atomic mass is 9.99. The van der Waals surface area contributed by atoms with E-state index in [0.29, 0.717) is 28.6 Å². The van der Waals surface area contributed by atoms with Crippen molar-refractivity contribution < 1.29 is 14.3 Å². The summed E-state index contributed by atoms with van der Waals surface area (Å²) in [5.74, 6) is 0.0369. The van der Waals surface area contributed by atoms with Gasteiger partial charge in [-0.1, -0.05) is 30.7 Å². The summed E-state index contributed by atoms with van der Waals surface area (Å²) in [5.41, 5.74) is 5.81. The van der Waals surface area contributed by atoms with E-state index in [2.05, 4.69) is 54.3 Å². The third-order valence-corrected chi connectivity index (χ3v) is 8.68. The van der Waals surface area contributed by atoms with Crippen LogP contribution in [0.15, 0.2) is 71.8 Å². The standard InChI is InChI=1S/C33H38IN5O3/c1-42-29-10-6-7-24(20-29)22-35-37-33(41)30-21-27(34)11-12-31(30)36-32(40)26-9-5-8-25(19-26)23-38-17-13-28(14-18-38)39-15-3-2-4-16-39/h5-12,19-22,28H,2-4,13-18,23H2,1H3,(H,36,40)(H,37,41). The number of rotatable bonds is 9. The number of nitrogens with one attached hydrogen (secondary N) is 2. The molecule has 2 amide bonds. The van der Waals surface area contributed by atoms with Crippen LogP contribution in [-0.4, -0.2) is 67.2 Å². The number of halogens is 1. The second kappa shape index (κ2) is 14.8. The zero-order chi connectivity index (χ0) is 29.3. The molecule has 3 aromatic carbocycles. The molecule has 2 N–H and O–H groups in total. The number of piperidine rings is 2. The Morgan fingerprint density at radius 2 is 1.74 bits per heavy atom. The molecule has 2 heterocycles. The van der Waals surface area contributed by atoms with E-state index in [1.807, 2.05) is 48.5 Å². The van der Waals surface area contributed by atoms with Crippen LogP contribution in [0, 0.1) is 3.57 Å². The number of carbonyl (C=O) groups excluding carboxylic acids is 2. The van der Waals surface area contributed by atoms with E-state index in [1.165, 1.54) is 45.2 Å². The van der Waals surface area contributed by atoms with Crippen molar-refractivity contribution in [2.24, 2.45) is 5.10 Å². The van der Waals surface area contributed by atoms with E-state index in [9.17, 15) is 9.59 Å². The predicted octanol–water partition coefficient (Wildman–Crippen LogP) is 5.77. The third kappa shape index (κ3) is 8.17. The van der Waals surface area contributed by atoms with Gasteiger partial charge in [0.2, 0.25) is 0 Å². The lowest BCUT2D eigenvalue weighted by Gasteiger charge is -2.40. The average Bonchev–Trinajstić information content (AvgIpc) is 3.03. The number of methoxy groups -OCH3 is 1. The van der Waals surface area contributed by atoms with Crippen LogP contribution in [0.5, 0.6) is 5.75 Å². The Balaban J connectivity index is 1.19. The van der Waals surface area contributed by atoms with Gasteiger partial charge in [0, 0.05) is 21.7 Å². The summed E-state index contributed by atoms with van der Waals surface area (Å²) >= 11 is 2.15. The Morgan fingerprint density at radius 1 is 0.952 bits per heavy atom. The number of hydrogen-bond acceptors (Lipinski definition) is 6. The van der Waals surface area contributed by atoms with Gasteiger partial charge in [0.15, 0.2) is 0 Å². The van der Waals surface area contributed by atoms with Gasteiger partial charge >= 0.3 is 0 Å². The third-order valence-electron chi connectivity index (χ3n) is 8.01. The molecule has 5 rings (SSSR count). The molecule has 42 heavy (non-hydrogen) atoms. The van der Waals surface area contributed by atoms with Gasteiger partial charge < -0.3 is 15.0 Å². The lowest BCUT2D eigenvalue weighted by Crippen LogP contribution is -2.46. The lowest BCUT2D eigenvalue weighted by molar-refractivity contribution is 0.0896. The number of anilines is 1. The van der Waals surface area contributed by atoms with Crippen LogP contribution in [0.25, 0.3) is 0 Å². The molecule has 2 aliphatic rings. The minimum Gasteiger partial charge on any atom is -0.497 e. The first-order chi connectivity index (χ1) is 20.5. The highest BCUT2D eigenvalue weighted by atomic mass is 127. The molecule has 0 aliphatic carbocycles. The van der Waals surface area contributed by atoms with Crippen molar-refractivity contribution in [1.29, 1.82) is 0 Å². The Bertz CT molecular complexity index is 1410. The van der Waals surface area contributed by atoms with Crippen molar-refractivity contribution in [2.75, 3.05) is 38.6 Å². The minimum atomic E-state index is -0.412. The average molecular weight is 680 g/mol. The van der Waals surface area contributed by atoms with Crippen LogP contribution in [0.1, 0.15) is 63.9 Å². The number of hydrazone groups is 1. The largest absolute Gasteiger partial charge is 0.497 e. The number of ether oxygens (including phenoxy) is 1. The molecule has 3 aromatic rings. The van der Waals surface area contributed by atoms with E-state index in [-0.39, 0.29) is 5.91 Å². The topological polar surface area (TPSA) is 86.3 Å². The molecule has 0 bridgehead atoms. The van der Waals surface area contributed by atoms with Crippen LogP contribution >= 0.6 is 22.6 Å². The molecular weight excluding hydrogens is 641 g/mol. The molecule has 0 atom stereocenters. The number of carbonyl (C=O) groups is 2. The van der Waals surface area contributed by atoms with Crippen molar-refractivity contribution >= 4 is 46.3 Å². The number of hydrogen-bond donors (Lipinski definition) is 2. The van der Waals surface area contributed by atoms with Gasteiger partial charge in [-0.05, 0) is 128 Å².